The van der Waals surface area contributed by atoms with Crippen molar-refractivity contribution in [3.63, 3.8) is 0 Å². The largest absolute Gasteiger partial charge is 0.493 e. The highest BCUT2D eigenvalue weighted by Crippen LogP contribution is 2.27. The zero-order chi connectivity index (χ0) is 21.4. The molecule has 2 aromatic carbocycles. The molecule has 0 aromatic heterocycles. The maximum atomic E-state index is 12.1. The first-order chi connectivity index (χ1) is 13.8. The Balaban J connectivity index is 1.85. The first-order valence-corrected chi connectivity index (χ1v) is 9.27. The van der Waals surface area contributed by atoms with Crippen LogP contribution in [-0.2, 0) is 14.3 Å². The van der Waals surface area contributed by atoms with Crippen LogP contribution in [0.3, 0.4) is 0 Å². The normalized spacial score (nSPS) is 11.8. The Morgan fingerprint density at radius 3 is 2.38 bits per heavy atom. The summed E-state index contributed by atoms with van der Waals surface area (Å²) in [5.41, 5.74) is 4.10. The summed E-state index contributed by atoms with van der Waals surface area (Å²) >= 11 is 0. The third kappa shape index (κ3) is 6.38. The zero-order valence-corrected chi connectivity index (χ0v) is 17.4. The van der Waals surface area contributed by atoms with Gasteiger partial charge in [-0.2, -0.15) is 0 Å². The fraction of sp³-hybridized carbons (Fsp3) is 0.304. The number of carbonyl (C=O) groups excluding carboxylic acids is 2. The lowest BCUT2D eigenvalue weighted by Crippen LogP contribution is -2.31. The average Bonchev–Trinajstić information content (AvgIpc) is 2.72. The van der Waals surface area contributed by atoms with Crippen LogP contribution in [0.5, 0.6) is 11.5 Å². The number of ether oxygens (including phenoxy) is 3. The van der Waals surface area contributed by atoms with E-state index in [1.165, 1.54) is 18.7 Å². The molecule has 0 spiro atoms. The zero-order valence-electron chi connectivity index (χ0n) is 17.4. The lowest BCUT2D eigenvalue weighted by molar-refractivity contribution is -0.144. The van der Waals surface area contributed by atoms with E-state index < -0.39 is 5.97 Å². The van der Waals surface area contributed by atoms with E-state index in [9.17, 15) is 9.59 Å². The fourth-order valence-corrected chi connectivity index (χ4v) is 2.71. The van der Waals surface area contributed by atoms with Crippen LogP contribution in [0.2, 0.25) is 0 Å². The lowest BCUT2D eigenvalue weighted by Gasteiger charge is -2.15. The minimum atomic E-state index is -0.603. The molecule has 1 atom stereocenters. The highest BCUT2D eigenvalue weighted by atomic mass is 16.5. The molecule has 2 rings (SSSR count). The van der Waals surface area contributed by atoms with Gasteiger partial charge in [0.15, 0.2) is 18.1 Å². The Labute approximate surface area is 171 Å². The number of nitrogens with one attached hydrogen (secondary N) is 1. The average molecular weight is 397 g/mol. The molecule has 6 nitrogen and oxygen atoms in total. The number of benzene rings is 2. The molecule has 0 heterocycles. The van der Waals surface area contributed by atoms with Gasteiger partial charge in [0.1, 0.15) is 0 Å². The molecule has 0 fully saturated rings. The molecule has 1 N–H and O–H groups in total. The van der Waals surface area contributed by atoms with E-state index in [1.54, 1.807) is 31.4 Å². The summed E-state index contributed by atoms with van der Waals surface area (Å²) < 4.78 is 15.4. The molecule has 0 aliphatic rings. The van der Waals surface area contributed by atoms with Gasteiger partial charge >= 0.3 is 5.97 Å². The van der Waals surface area contributed by atoms with E-state index in [0.29, 0.717) is 11.5 Å². The van der Waals surface area contributed by atoms with E-state index in [4.69, 9.17) is 14.2 Å². The number of rotatable bonds is 8. The predicted molar refractivity (Wildman–Crippen MR) is 112 cm³/mol. The van der Waals surface area contributed by atoms with Crippen LogP contribution in [0.4, 0.5) is 0 Å². The van der Waals surface area contributed by atoms with Crippen LogP contribution in [-0.4, -0.2) is 32.7 Å². The van der Waals surface area contributed by atoms with Gasteiger partial charge in [0, 0.05) is 6.08 Å². The summed E-state index contributed by atoms with van der Waals surface area (Å²) in [7, 11) is 3.09. The van der Waals surface area contributed by atoms with Gasteiger partial charge in [0.05, 0.1) is 20.3 Å². The van der Waals surface area contributed by atoms with Crippen LogP contribution in [0.25, 0.3) is 6.08 Å². The summed E-state index contributed by atoms with van der Waals surface area (Å²) in [6.45, 7) is 5.61. The molecule has 0 aliphatic heterocycles. The van der Waals surface area contributed by atoms with Gasteiger partial charge in [-0.3, -0.25) is 4.79 Å². The smallest absolute Gasteiger partial charge is 0.331 e. The molecule has 0 aliphatic carbocycles. The molecule has 6 heteroatoms. The predicted octanol–water partition coefficient (Wildman–Crippen LogP) is 3.75. The van der Waals surface area contributed by atoms with Gasteiger partial charge in [0.2, 0.25) is 0 Å². The molecular formula is C23H27NO5. The van der Waals surface area contributed by atoms with Gasteiger partial charge in [-0.1, -0.05) is 24.3 Å². The van der Waals surface area contributed by atoms with Crippen molar-refractivity contribution in [2.24, 2.45) is 0 Å². The van der Waals surface area contributed by atoms with E-state index in [-0.39, 0.29) is 18.6 Å². The number of hydrogen-bond acceptors (Lipinski definition) is 5. The van der Waals surface area contributed by atoms with Crippen LogP contribution in [0, 0.1) is 13.8 Å². The van der Waals surface area contributed by atoms with Crippen LogP contribution < -0.4 is 14.8 Å². The van der Waals surface area contributed by atoms with E-state index in [1.807, 2.05) is 39.0 Å². The van der Waals surface area contributed by atoms with E-state index in [0.717, 1.165) is 16.7 Å². The highest BCUT2D eigenvalue weighted by molar-refractivity contribution is 5.89. The monoisotopic (exact) mass is 397 g/mol. The number of esters is 1. The molecule has 0 radical (unpaired) electrons. The number of hydrogen-bond donors (Lipinski definition) is 1. The Hall–Kier alpha value is -3.28. The van der Waals surface area contributed by atoms with Gasteiger partial charge in [-0.05, 0) is 61.2 Å². The maximum Gasteiger partial charge on any atom is 0.331 e. The summed E-state index contributed by atoms with van der Waals surface area (Å²) in [6, 6.07) is 11.1. The highest BCUT2D eigenvalue weighted by Gasteiger charge is 2.12. The van der Waals surface area contributed by atoms with Crippen molar-refractivity contribution < 1.29 is 23.8 Å². The summed E-state index contributed by atoms with van der Waals surface area (Å²) in [6.07, 6.45) is 2.85. The first-order valence-electron chi connectivity index (χ1n) is 9.27. The van der Waals surface area contributed by atoms with Gasteiger partial charge in [0.25, 0.3) is 5.91 Å². The fourth-order valence-electron chi connectivity index (χ4n) is 2.71. The van der Waals surface area contributed by atoms with Crippen molar-refractivity contribution in [2.45, 2.75) is 26.8 Å². The lowest BCUT2D eigenvalue weighted by atomic mass is 10.0. The van der Waals surface area contributed by atoms with Crippen molar-refractivity contribution in [2.75, 3.05) is 20.8 Å². The van der Waals surface area contributed by atoms with E-state index in [2.05, 4.69) is 5.32 Å². The second kappa shape index (κ2) is 10.3. The topological polar surface area (TPSA) is 73.9 Å². The molecule has 0 saturated heterocycles. The number of carbonyl (C=O) groups is 2. The van der Waals surface area contributed by atoms with Crippen LogP contribution in [0.1, 0.15) is 35.2 Å². The molecular weight excluding hydrogens is 370 g/mol. The number of aryl methyl sites for hydroxylation is 2. The Bertz CT molecular complexity index is 904. The maximum absolute atomic E-state index is 12.1. The van der Waals surface area contributed by atoms with Crippen molar-refractivity contribution in [3.05, 3.63) is 64.7 Å². The van der Waals surface area contributed by atoms with Gasteiger partial charge in [-0.25, -0.2) is 4.79 Å². The summed E-state index contributed by atoms with van der Waals surface area (Å²) in [4.78, 5) is 24.0. The van der Waals surface area contributed by atoms with Crippen molar-refractivity contribution in [3.8, 4) is 11.5 Å². The van der Waals surface area contributed by atoms with E-state index >= 15 is 0 Å². The molecule has 1 amide bonds. The summed E-state index contributed by atoms with van der Waals surface area (Å²) in [5, 5.41) is 2.83. The third-order valence-corrected chi connectivity index (χ3v) is 4.57. The standard InChI is InChI=1S/C23H27NO5/c1-15-6-9-19(12-16(15)2)17(3)24-22(25)14-29-23(26)11-8-18-7-10-20(27-4)21(13-18)28-5/h6-13,17H,14H2,1-5H3,(H,24,25)/b11-8+/t17-/m0/s1. The Morgan fingerprint density at radius 1 is 1.00 bits per heavy atom. The molecule has 154 valence electrons. The second-order valence-electron chi connectivity index (χ2n) is 6.69. The molecule has 0 unspecified atom stereocenters. The second-order valence-corrected chi connectivity index (χ2v) is 6.69. The Kier molecular flexibility index (Phi) is 7.83. The minimum absolute atomic E-state index is 0.178. The minimum Gasteiger partial charge on any atom is -0.493 e. The SMILES string of the molecule is COc1ccc(/C=C/C(=O)OCC(=O)N[C@@H](C)c2ccc(C)c(C)c2)cc1OC. The van der Waals surface area contributed by atoms with Gasteiger partial charge < -0.3 is 19.5 Å². The molecule has 29 heavy (non-hydrogen) atoms. The molecule has 2 aromatic rings. The molecule has 0 saturated carbocycles. The van der Waals surface area contributed by atoms with Crippen molar-refractivity contribution >= 4 is 18.0 Å². The molecule has 0 bridgehead atoms. The first kappa shape index (κ1) is 22.0. The van der Waals surface area contributed by atoms with Gasteiger partial charge in [-0.15, -0.1) is 0 Å². The number of amides is 1. The van der Waals surface area contributed by atoms with Crippen LogP contribution in [0.15, 0.2) is 42.5 Å². The summed E-state index contributed by atoms with van der Waals surface area (Å²) in [5.74, 6) is 0.196. The van der Waals surface area contributed by atoms with Crippen molar-refractivity contribution in [1.29, 1.82) is 0 Å². The third-order valence-electron chi connectivity index (χ3n) is 4.57. The number of methoxy groups -OCH3 is 2. The Morgan fingerprint density at radius 2 is 1.72 bits per heavy atom. The van der Waals surface area contributed by atoms with Crippen LogP contribution >= 0.6 is 0 Å². The van der Waals surface area contributed by atoms with Crippen molar-refractivity contribution in [1.82, 2.24) is 5.32 Å². The quantitative estimate of drug-likeness (QED) is 0.542.